The van der Waals surface area contributed by atoms with E-state index in [2.05, 4.69) is 51.2 Å². The second-order valence-electron chi connectivity index (χ2n) is 4.69. The van der Waals surface area contributed by atoms with Crippen molar-refractivity contribution < 1.29 is 4.74 Å². The molecule has 1 rings (SSSR count). The maximum atomic E-state index is 5.45. The number of nitrogens with one attached hydrogen (secondary N) is 1. The van der Waals surface area contributed by atoms with E-state index in [1.165, 1.54) is 11.1 Å². The first-order chi connectivity index (χ1) is 7.54. The lowest BCUT2D eigenvalue weighted by molar-refractivity contribution is 0.401. The van der Waals surface area contributed by atoms with Gasteiger partial charge in [0.25, 0.3) is 0 Å². The minimum Gasteiger partial charge on any atom is -0.496 e. The Morgan fingerprint density at radius 2 is 1.94 bits per heavy atom. The van der Waals surface area contributed by atoms with Gasteiger partial charge in [-0.3, -0.25) is 0 Å². The second kappa shape index (κ2) is 5.90. The Kier molecular flexibility index (Phi) is 4.81. The van der Waals surface area contributed by atoms with Gasteiger partial charge in [-0.05, 0) is 31.4 Å². The number of hydrogen-bond donors (Lipinski definition) is 1. The SMILES string of the molecule is COc1c(C)cccc1CC(C)NC(C)C. The zero-order valence-electron chi connectivity index (χ0n) is 11.0. The van der Waals surface area contributed by atoms with Crippen molar-refractivity contribution in [3.8, 4) is 5.75 Å². The third-order valence-electron chi connectivity index (χ3n) is 2.64. The third-order valence-corrected chi connectivity index (χ3v) is 2.64. The van der Waals surface area contributed by atoms with Gasteiger partial charge in [0, 0.05) is 12.1 Å². The lowest BCUT2D eigenvalue weighted by atomic mass is 10.0. The quantitative estimate of drug-likeness (QED) is 0.825. The first-order valence-electron chi connectivity index (χ1n) is 5.93. The summed E-state index contributed by atoms with van der Waals surface area (Å²) in [6, 6.07) is 7.31. The fourth-order valence-corrected chi connectivity index (χ4v) is 2.12. The summed E-state index contributed by atoms with van der Waals surface area (Å²) in [5.41, 5.74) is 2.49. The van der Waals surface area contributed by atoms with Crippen molar-refractivity contribution in [1.82, 2.24) is 5.32 Å². The molecule has 1 aromatic carbocycles. The molecule has 1 aromatic rings. The van der Waals surface area contributed by atoms with E-state index in [1.54, 1.807) is 7.11 Å². The summed E-state index contributed by atoms with van der Waals surface area (Å²) in [4.78, 5) is 0. The van der Waals surface area contributed by atoms with E-state index in [1.807, 2.05) is 0 Å². The number of aryl methyl sites for hydroxylation is 1. The highest BCUT2D eigenvalue weighted by atomic mass is 16.5. The van der Waals surface area contributed by atoms with Gasteiger partial charge in [0.15, 0.2) is 0 Å². The maximum absolute atomic E-state index is 5.45. The predicted octanol–water partition coefficient (Wildman–Crippen LogP) is 2.93. The van der Waals surface area contributed by atoms with Crippen LogP contribution in [-0.4, -0.2) is 19.2 Å². The largest absolute Gasteiger partial charge is 0.496 e. The summed E-state index contributed by atoms with van der Waals surface area (Å²) in [6.07, 6.45) is 1.00. The number of rotatable bonds is 5. The Balaban J connectivity index is 2.76. The van der Waals surface area contributed by atoms with Crippen molar-refractivity contribution in [3.63, 3.8) is 0 Å². The van der Waals surface area contributed by atoms with Crippen molar-refractivity contribution in [2.24, 2.45) is 0 Å². The molecule has 0 heterocycles. The molecule has 0 bridgehead atoms. The predicted molar refractivity (Wildman–Crippen MR) is 69.2 cm³/mol. The van der Waals surface area contributed by atoms with E-state index < -0.39 is 0 Å². The van der Waals surface area contributed by atoms with Gasteiger partial charge >= 0.3 is 0 Å². The number of para-hydroxylation sites is 1. The number of ether oxygens (including phenoxy) is 1. The fraction of sp³-hybridized carbons (Fsp3) is 0.571. The van der Waals surface area contributed by atoms with Crippen LogP contribution in [0.3, 0.4) is 0 Å². The maximum Gasteiger partial charge on any atom is 0.125 e. The standard InChI is InChI=1S/C14H23NO/c1-10(2)15-12(4)9-13-8-6-7-11(3)14(13)16-5/h6-8,10,12,15H,9H2,1-5H3. The third kappa shape index (κ3) is 3.53. The molecule has 2 nitrogen and oxygen atoms in total. The minimum absolute atomic E-state index is 0.468. The average molecular weight is 221 g/mol. The Morgan fingerprint density at radius 1 is 1.25 bits per heavy atom. The summed E-state index contributed by atoms with van der Waals surface area (Å²) >= 11 is 0. The Morgan fingerprint density at radius 3 is 2.50 bits per heavy atom. The van der Waals surface area contributed by atoms with Crippen LogP contribution in [0.5, 0.6) is 5.75 Å². The first-order valence-corrected chi connectivity index (χ1v) is 5.93. The molecule has 0 aliphatic carbocycles. The van der Waals surface area contributed by atoms with Gasteiger partial charge in [-0.15, -0.1) is 0 Å². The van der Waals surface area contributed by atoms with Crippen molar-refractivity contribution >= 4 is 0 Å². The van der Waals surface area contributed by atoms with Gasteiger partial charge in [-0.25, -0.2) is 0 Å². The van der Waals surface area contributed by atoms with Crippen LogP contribution >= 0.6 is 0 Å². The molecule has 0 saturated heterocycles. The van der Waals surface area contributed by atoms with Crippen LogP contribution in [0.15, 0.2) is 18.2 Å². The van der Waals surface area contributed by atoms with E-state index in [4.69, 9.17) is 4.74 Å². The van der Waals surface area contributed by atoms with E-state index in [0.717, 1.165) is 12.2 Å². The summed E-state index contributed by atoms with van der Waals surface area (Å²) in [7, 11) is 1.74. The molecule has 0 aromatic heterocycles. The summed E-state index contributed by atoms with van der Waals surface area (Å²) in [6.45, 7) is 8.64. The fourth-order valence-electron chi connectivity index (χ4n) is 2.12. The van der Waals surface area contributed by atoms with Crippen molar-refractivity contribution in [2.45, 2.75) is 46.2 Å². The van der Waals surface area contributed by atoms with Crippen molar-refractivity contribution in [3.05, 3.63) is 29.3 Å². The molecule has 1 atom stereocenters. The van der Waals surface area contributed by atoms with Crippen LogP contribution in [0.4, 0.5) is 0 Å². The van der Waals surface area contributed by atoms with E-state index >= 15 is 0 Å². The zero-order chi connectivity index (χ0) is 12.1. The highest BCUT2D eigenvalue weighted by molar-refractivity contribution is 5.41. The first kappa shape index (κ1) is 13.0. The minimum atomic E-state index is 0.468. The van der Waals surface area contributed by atoms with Gasteiger partial charge in [0.2, 0.25) is 0 Å². The normalized spacial score (nSPS) is 12.9. The summed E-state index contributed by atoms with van der Waals surface area (Å²) in [5.74, 6) is 1.03. The molecule has 2 heteroatoms. The summed E-state index contributed by atoms with van der Waals surface area (Å²) in [5, 5.41) is 3.51. The zero-order valence-corrected chi connectivity index (χ0v) is 11.0. The van der Waals surface area contributed by atoms with Crippen LogP contribution < -0.4 is 10.1 Å². The molecular weight excluding hydrogens is 198 g/mol. The van der Waals surface area contributed by atoms with Gasteiger partial charge < -0.3 is 10.1 Å². The summed E-state index contributed by atoms with van der Waals surface area (Å²) < 4.78 is 5.45. The van der Waals surface area contributed by atoms with E-state index in [0.29, 0.717) is 12.1 Å². The monoisotopic (exact) mass is 221 g/mol. The van der Waals surface area contributed by atoms with Gasteiger partial charge in [-0.1, -0.05) is 32.0 Å². The van der Waals surface area contributed by atoms with Gasteiger partial charge in [0.1, 0.15) is 5.75 Å². The molecule has 0 saturated carbocycles. The number of benzene rings is 1. The van der Waals surface area contributed by atoms with Crippen LogP contribution in [-0.2, 0) is 6.42 Å². The van der Waals surface area contributed by atoms with E-state index in [-0.39, 0.29) is 0 Å². The van der Waals surface area contributed by atoms with Crippen LogP contribution in [0.1, 0.15) is 31.9 Å². The Hall–Kier alpha value is -1.02. The van der Waals surface area contributed by atoms with Gasteiger partial charge in [0.05, 0.1) is 7.11 Å². The topological polar surface area (TPSA) is 21.3 Å². The molecule has 0 amide bonds. The van der Waals surface area contributed by atoms with Gasteiger partial charge in [-0.2, -0.15) is 0 Å². The van der Waals surface area contributed by atoms with Crippen molar-refractivity contribution in [1.29, 1.82) is 0 Å². The smallest absolute Gasteiger partial charge is 0.125 e. The highest BCUT2D eigenvalue weighted by Crippen LogP contribution is 2.24. The second-order valence-corrected chi connectivity index (χ2v) is 4.69. The molecule has 16 heavy (non-hydrogen) atoms. The molecule has 1 N–H and O–H groups in total. The van der Waals surface area contributed by atoms with Crippen LogP contribution in [0.25, 0.3) is 0 Å². The molecule has 0 aliphatic rings. The Labute approximate surface area is 99.0 Å². The van der Waals surface area contributed by atoms with Crippen molar-refractivity contribution in [2.75, 3.05) is 7.11 Å². The molecule has 0 aliphatic heterocycles. The molecule has 0 fully saturated rings. The molecule has 1 unspecified atom stereocenters. The molecule has 0 spiro atoms. The lowest BCUT2D eigenvalue weighted by Gasteiger charge is -2.19. The number of hydrogen-bond acceptors (Lipinski definition) is 2. The number of methoxy groups -OCH3 is 1. The molecule has 90 valence electrons. The van der Waals surface area contributed by atoms with E-state index in [9.17, 15) is 0 Å². The van der Waals surface area contributed by atoms with Crippen LogP contribution in [0.2, 0.25) is 0 Å². The lowest BCUT2D eigenvalue weighted by Crippen LogP contribution is -2.33. The average Bonchev–Trinajstić information content (AvgIpc) is 2.16. The molecule has 0 radical (unpaired) electrons. The highest BCUT2D eigenvalue weighted by Gasteiger charge is 2.10. The Bertz CT molecular complexity index is 334. The van der Waals surface area contributed by atoms with Crippen LogP contribution in [0, 0.1) is 6.92 Å². The molecular formula is C14H23NO.